The van der Waals surface area contributed by atoms with Gasteiger partial charge in [0.2, 0.25) is 11.4 Å². The number of hydrogen-bond acceptors (Lipinski definition) is 4. The van der Waals surface area contributed by atoms with Crippen molar-refractivity contribution in [3.8, 4) is 0 Å². The van der Waals surface area contributed by atoms with E-state index in [1.165, 1.54) is 4.90 Å². The number of thiocarbonyl (C=S) groups is 1. The number of rotatable bonds is 1. The van der Waals surface area contributed by atoms with Crippen LogP contribution in [0.2, 0.25) is 10.0 Å². The van der Waals surface area contributed by atoms with Crippen LogP contribution >= 0.6 is 35.4 Å². The second-order valence-corrected chi connectivity index (χ2v) is 8.60. The third-order valence-electron chi connectivity index (χ3n) is 5.91. The summed E-state index contributed by atoms with van der Waals surface area (Å²) in [6.45, 7) is 0. The molecule has 2 aliphatic heterocycles. The first-order chi connectivity index (χ1) is 14.4. The van der Waals surface area contributed by atoms with Crippen molar-refractivity contribution in [2.75, 3.05) is 9.80 Å². The summed E-state index contributed by atoms with van der Waals surface area (Å²) >= 11 is 18.4. The van der Waals surface area contributed by atoms with Crippen LogP contribution in [0.5, 0.6) is 0 Å². The van der Waals surface area contributed by atoms with E-state index in [1.54, 1.807) is 35.2 Å². The van der Waals surface area contributed by atoms with Crippen LogP contribution < -0.4 is 9.80 Å². The number of nitrogens with zero attached hydrogens (tertiary/aromatic N) is 3. The summed E-state index contributed by atoms with van der Waals surface area (Å²) in [5, 5.41) is 25.3. The molecule has 0 spiro atoms. The fraction of sp³-hybridized carbons (Fsp3) is 0.0909. The molecule has 30 heavy (non-hydrogen) atoms. The minimum absolute atomic E-state index is 0.207. The number of anilines is 2. The summed E-state index contributed by atoms with van der Waals surface area (Å²) in [7, 11) is 0. The van der Waals surface area contributed by atoms with Crippen LogP contribution in [0.15, 0.2) is 71.7 Å². The zero-order chi connectivity index (χ0) is 20.8. The maximum Gasteiger partial charge on any atom is 0.243 e. The number of hydrogen-bond donors (Lipinski definition) is 2. The summed E-state index contributed by atoms with van der Waals surface area (Å²) in [4.78, 5) is 7.78. The second kappa shape index (κ2) is 5.81. The highest BCUT2D eigenvalue weighted by Crippen LogP contribution is 2.60. The Morgan fingerprint density at radius 3 is 2.33 bits per heavy atom. The molecule has 0 amide bonds. The highest BCUT2D eigenvalue weighted by molar-refractivity contribution is 7.80. The molecular weight excluding hydrogens is 441 g/mol. The van der Waals surface area contributed by atoms with Crippen LogP contribution in [-0.2, 0) is 5.72 Å². The number of halogens is 2. The minimum atomic E-state index is -1.94. The van der Waals surface area contributed by atoms with Gasteiger partial charge in [0.05, 0.1) is 22.1 Å². The highest BCUT2D eigenvalue weighted by Gasteiger charge is 2.75. The first-order valence-corrected chi connectivity index (χ1v) is 10.4. The van der Waals surface area contributed by atoms with E-state index in [4.69, 9.17) is 40.4 Å². The maximum absolute atomic E-state index is 12.2. The number of aliphatic hydroxyl groups is 2. The monoisotopic (exact) mass is 453 g/mol. The number of aliphatic imine (C=N–C) groups is 1. The molecule has 0 saturated carbocycles. The Balaban J connectivity index is 1.74. The van der Waals surface area contributed by atoms with Gasteiger partial charge in [0.1, 0.15) is 5.71 Å². The molecule has 3 aromatic carbocycles. The van der Waals surface area contributed by atoms with Crippen LogP contribution in [0, 0.1) is 0 Å². The minimum Gasteiger partial charge on any atom is -0.362 e. The molecule has 3 aliphatic rings. The SMILES string of the molecule is O[C@]12C3=Nc4ccccc4N1C(=S)N(c1ccc(Cl)cc1Cl)[C@@]2(O)c1ccccc13. The molecule has 8 heteroatoms. The van der Waals surface area contributed by atoms with Crippen molar-refractivity contribution in [2.24, 2.45) is 4.99 Å². The van der Waals surface area contributed by atoms with E-state index in [9.17, 15) is 10.2 Å². The zero-order valence-corrected chi connectivity index (χ0v) is 17.6. The molecule has 0 unspecified atom stereocenters. The Bertz CT molecular complexity index is 1310. The smallest absolute Gasteiger partial charge is 0.243 e. The molecule has 148 valence electrons. The molecular formula is C22H13Cl2N3O2S. The molecule has 0 radical (unpaired) electrons. The summed E-state index contributed by atoms with van der Waals surface area (Å²) in [5.41, 5.74) is -0.681. The maximum atomic E-state index is 12.2. The standard InChI is InChI=1S/C22H13Cl2N3O2S/c23-12-9-10-17(15(24)11-12)26-20(30)27-18-8-4-3-7-16(18)25-19-13-5-1-2-6-14(13)21(26,28)22(19,27)29/h1-11,28-29H/t21-,22+/m1/s1. The largest absolute Gasteiger partial charge is 0.362 e. The van der Waals surface area contributed by atoms with Crippen LogP contribution in [0.1, 0.15) is 11.1 Å². The highest BCUT2D eigenvalue weighted by atomic mass is 35.5. The molecule has 0 bridgehead atoms. The summed E-state index contributed by atoms with van der Waals surface area (Å²) in [5.74, 6) is 0. The Kier molecular flexibility index (Phi) is 3.54. The predicted octanol–water partition coefficient (Wildman–Crippen LogP) is 4.59. The van der Waals surface area contributed by atoms with E-state index in [0.29, 0.717) is 43.9 Å². The van der Waals surface area contributed by atoms with E-state index in [2.05, 4.69) is 0 Å². The lowest BCUT2D eigenvalue weighted by Gasteiger charge is -2.40. The van der Waals surface area contributed by atoms with Crippen molar-refractivity contribution in [1.29, 1.82) is 0 Å². The number of fused-ring (bicyclic) bond motifs is 5. The Labute approximate surface area is 187 Å². The van der Waals surface area contributed by atoms with Crippen molar-refractivity contribution in [3.05, 3.63) is 87.9 Å². The summed E-state index contributed by atoms with van der Waals surface area (Å²) in [6, 6.07) is 19.5. The van der Waals surface area contributed by atoms with Gasteiger partial charge in [0.25, 0.3) is 0 Å². The van der Waals surface area contributed by atoms with Gasteiger partial charge in [0.15, 0.2) is 5.11 Å². The average Bonchev–Trinajstić information content (AvgIpc) is 3.04. The van der Waals surface area contributed by atoms with Crippen molar-refractivity contribution < 1.29 is 10.2 Å². The van der Waals surface area contributed by atoms with Gasteiger partial charge in [-0.2, -0.15) is 0 Å². The van der Waals surface area contributed by atoms with Gasteiger partial charge >= 0.3 is 0 Å². The molecule has 6 rings (SSSR count). The predicted molar refractivity (Wildman–Crippen MR) is 122 cm³/mol. The van der Waals surface area contributed by atoms with E-state index in [1.807, 2.05) is 36.4 Å². The Hall–Kier alpha value is -2.48. The van der Waals surface area contributed by atoms with Crippen molar-refractivity contribution in [1.82, 2.24) is 0 Å². The number of para-hydroxylation sites is 2. The van der Waals surface area contributed by atoms with Gasteiger partial charge in [-0.3, -0.25) is 9.80 Å². The van der Waals surface area contributed by atoms with Crippen molar-refractivity contribution in [2.45, 2.75) is 11.4 Å². The van der Waals surface area contributed by atoms with Crippen molar-refractivity contribution in [3.63, 3.8) is 0 Å². The lowest BCUT2D eigenvalue weighted by molar-refractivity contribution is -0.0845. The topological polar surface area (TPSA) is 59.3 Å². The fourth-order valence-corrected chi connectivity index (χ4v) is 5.63. The van der Waals surface area contributed by atoms with Gasteiger partial charge in [-0.25, -0.2) is 4.99 Å². The fourth-order valence-electron chi connectivity index (χ4n) is 4.67. The third kappa shape index (κ3) is 1.91. The molecule has 1 fully saturated rings. The molecule has 3 aromatic rings. The molecule has 2 N–H and O–H groups in total. The quantitative estimate of drug-likeness (QED) is 0.527. The van der Waals surface area contributed by atoms with Crippen LogP contribution in [0.25, 0.3) is 0 Å². The number of benzene rings is 3. The van der Waals surface area contributed by atoms with Gasteiger partial charge in [-0.15, -0.1) is 0 Å². The zero-order valence-electron chi connectivity index (χ0n) is 15.3. The Morgan fingerprint density at radius 2 is 1.53 bits per heavy atom. The molecule has 1 saturated heterocycles. The first kappa shape index (κ1) is 18.3. The van der Waals surface area contributed by atoms with E-state index < -0.39 is 11.4 Å². The second-order valence-electron chi connectivity index (χ2n) is 7.39. The van der Waals surface area contributed by atoms with Crippen molar-refractivity contribution >= 4 is 63.3 Å². The molecule has 1 aliphatic carbocycles. The molecule has 2 heterocycles. The van der Waals surface area contributed by atoms with Crippen LogP contribution in [-0.4, -0.2) is 26.8 Å². The first-order valence-electron chi connectivity index (χ1n) is 9.21. The summed E-state index contributed by atoms with van der Waals surface area (Å²) < 4.78 is 0. The molecule has 5 nitrogen and oxygen atoms in total. The van der Waals surface area contributed by atoms with Crippen LogP contribution in [0.4, 0.5) is 17.1 Å². The summed E-state index contributed by atoms with van der Waals surface area (Å²) in [6.07, 6.45) is 0. The lowest BCUT2D eigenvalue weighted by atomic mass is 9.95. The van der Waals surface area contributed by atoms with E-state index in [0.717, 1.165) is 0 Å². The van der Waals surface area contributed by atoms with Gasteiger partial charge in [0, 0.05) is 16.1 Å². The Morgan fingerprint density at radius 1 is 0.833 bits per heavy atom. The molecule has 0 aromatic heterocycles. The third-order valence-corrected chi connectivity index (χ3v) is 6.81. The van der Waals surface area contributed by atoms with Gasteiger partial charge in [-0.05, 0) is 42.5 Å². The normalized spacial score (nSPS) is 25.7. The van der Waals surface area contributed by atoms with Crippen LogP contribution in [0.3, 0.4) is 0 Å². The van der Waals surface area contributed by atoms with E-state index in [-0.39, 0.29) is 5.11 Å². The average molecular weight is 454 g/mol. The van der Waals surface area contributed by atoms with Gasteiger partial charge in [-0.1, -0.05) is 59.6 Å². The van der Waals surface area contributed by atoms with E-state index >= 15 is 0 Å². The lowest BCUT2D eigenvalue weighted by Crippen LogP contribution is -2.61. The van der Waals surface area contributed by atoms with Gasteiger partial charge < -0.3 is 10.2 Å². The molecule has 2 atom stereocenters.